The second-order valence-electron chi connectivity index (χ2n) is 5.97. The van der Waals surface area contributed by atoms with E-state index in [0.29, 0.717) is 11.3 Å². The lowest BCUT2D eigenvalue weighted by molar-refractivity contribution is 0.415. The first-order valence-corrected chi connectivity index (χ1v) is 7.98. The van der Waals surface area contributed by atoms with Crippen molar-refractivity contribution in [1.82, 2.24) is 0 Å². The molecule has 1 aromatic heterocycles. The van der Waals surface area contributed by atoms with Crippen molar-refractivity contribution in [3.8, 4) is 28.0 Å². The van der Waals surface area contributed by atoms with Gasteiger partial charge < -0.3 is 9.15 Å². The van der Waals surface area contributed by atoms with E-state index in [1.54, 1.807) is 7.11 Å². The summed E-state index contributed by atoms with van der Waals surface area (Å²) in [6, 6.07) is 19.3. The summed E-state index contributed by atoms with van der Waals surface area (Å²) in [5.41, 5.74) is 2.97. The summed E-state index contributed by atoms with van der Waals surface area (Å²) in [6.45, 7) is 4.03. The van der Waals surface area contributed by atoms with E-state index >= 15 is 0 Å². The van der Waals surface area contributed by atoms with Crippen molar-refractivity contribution in [2.45, 2.75) is 19.8 Å². The third-order valence-electron chi connectivity index (χ3n) is 4.00. The Hall–Kier alpha value is -2.81. The van der Waals surface area contributed by atoms with Crippen LogP contribution in [0.1, 0.15) is 25.5 Å². The predicted molar refractivity (Wildman–Crippen MR) is 96.5 cm³/mol. The van der Waals surface area contributed by atoms with E-state index in [-0.39, 0.29) is 11.5 Å². The average Bonchev–Trinajstić information content (AvgIpc) is 2.62. The van der Waals surface area contributed by atoms with Gasteiger partial charge in [-0.05, 0) is 29.3 Å². The number of hydrogen-bond donors (Lipinski definition) is 0. The van der Waals surface area contributed by atoms with Gasteiger partial charge in [0.1, 0.15) is 11.5 Å². The van der Waals surface area contributed by atoms with E-state index in [1.807, 2.05) is 74.5 Å². The maximum atomic E-state index is 12.7. The van der Waals surface area contributed by atoms with Crippen molar-refractivity contribution >= 4 is 0 Å². The molecule has 0 N–H and O–H groups in total. The quantitative estimate of drug-likeness (QED) is 0.671. The second kappa shape index (κ2) is 6.75. The molecule has 0 atom stereocenters. The van der Waals surface area contributed by atoms with Gasteiger partial charge >= 0.3 is 5.63 Å². The number of ether oxygens (including phenoxy) is 1. The van der Waals surface area contributed by atoms with Gasteiger partial charge in [0.15, 0.2) is 0 Å². The first kappa shape index (κ1) is 16.1. The van der Waals surface area contributed by atoms with E-state index in [0.717, 1.165) is 22.4 Å². The Bertz CT molecular complexity index is 875. The normalized spacial score (nSPS) is 10.8. The van der Waals surface area contributed by atoms with Crippen LogP contribution in [0.25, 0.3) is 22.3 Å². The lowest BCUT2D eigenvalue weighted by Gasteiger charge is -2.13. The Morgan fingerprint density at radius 1 is 0.917 bits per heavy atom. The van der Waals surface area contributed by atoms with Crippen molar-refractivity contribution < 1.29 is 9.15 Å². The molecular weight excluding hydrogens is 300 g/mol. The highest BCUT2D eigenvalue weighted by Crippen LogP contribution is 2.32. The van der Waals surface area contributed by atoms with Crippen molar-refractivity contribution in [1.29, 1.82) is 0 Å². The van der Waals surface area contributed by atoms with E-state index < -0.39 is 0 Å². The number of rotatable bonds is 4. The van der Waals surface area contributed by atoms with E-state index in [2.05, 4.69) is 0 Å². The molecular formula is C21H20O3. The van der Waals surface area contributed by atoms with Crippen LogP contribution in [-0.2, 0) is 0 Å². The van der Waals surface area contributed by atoms with Gasteiger partial charge in [0.25, 0.3) is 0 Å². The van der Waals surface area contributed by atoms with Gasteiger partial charge in [0, 0.05) is 11.5 Å². The van der Waals surface area contributed by atoms with Crippen LogP contribution in [0.15, 0.2) is 69.9 Å². The maximum absolute atomic E-state index is 12.7. The van der Waals surface area contributed by atoms with Crippen molar-refractivity contribution in [3.63, 3.8) is 0 Å². The van der Waals surface area contributed by atoms with Crippen LogP contribution in [0.4, 0.5) is 0 Å². The van der Waals surface area contributed by atoms with E-state index in [1.165, 1.54) is 0 Å². The zero-order chi connectivity index (χ0) is 17.1. The highest BCUT2D eigenvalue weighted by atomic mass is 16.5. The first-order chi connectivity index (χ1) is 11.6. The van der Waals surface area contributed by atoms with Crippen molar-refractivity contribution in [2.24, 2.45) is 0 Å². The molecule has 0 saturated heterocycles. The summed E-state index contributed by atoms with van der Waals surface area (Å²) in [5.74, 6) is 1.59. The zero-order valence-electron chi connectivity index (χ0n) is 14.1. The standard InChI is InChI=1S/C21H20O3/c1-14(2)19-13-18(15-7-5-4-6-8-15)20(21(22)24-19)16-9-11-17(23-3)12-10-16/h4-14H,1-3H3. The van der Waals surface area contributed by atoms with Gasteiger partial charge in [0.05, 0.1) is 12.7 Å². The van der Waals surface area contributed by atoms with E-state index in [4.69, 9.17) is 9.15 Å². The lowest BCUT2D eigenvalue weighted by Crippen LogP contribution is -2.08. The van der Waals surface area contributed by atoms with E-state index in [9.17, 15) is 4.79 Å². The Morgan fingerprint density at radius 2 is 1.58 bits per heavy atom. The summed E-state index contributed by atoms with van der Waals surface area (Å²) >= 11 is 0. The molecule has 0 bridgehead atoms. The van der Waals surface area contributed by atoms with Crippen LogP contribution in [0, 0.1) is 0 Å². The molecule has 2 aromatic carbocycles. The van der Waals surface area contributed by atoms with Crippen molar-refractivity contribution in [2.75, 3.05) is 7.11 Å². The molecule has 1 heterocycles. The second-order valence-corrected chi connectivity index (χ2v) is 5.97. The first-order valence-electron chi connectivity index (χ1n) is 7.98. The molecule has 0 spiro atoms. The largest absolute Gasteiger partial charge is 0.497 e. The average molecular weight is 320 g/mol. The van der Waals surface area contributed by atoms with Crippen LogP contribution >= 0.6 is 0 Å². The SMILES string of the molecule is COc1ccc(-c2c(-c3ccccc3)cc(C(C)C)oc2=O)cc1. The predicted octanol–water partition coefficient (Wildman–Crippen LogP) is 5.11. The molecule has 122 valence electrons. The minimum Gasteiger partial charge on any atom is -0.497 e. The monoisotopic (exact) mass is 320 g/mol. The van der Waals surface area contributed by atoms with Gasteiger partial charge in [-0.25, -0.2) is 4.79 Å². The lowest BCUT2D eigenvalue weighted by atomic mass is 9.95. The highest BCUT2D eigenvalue weighted by molar-refractivity contribution is 5.82. The van der Waals surface area contributed by atoms with Crippen LogP contribution < -0.4 is 10.4 Å². The Labute approximate surface area is 141 Å². The molecule has 24 heavy (non-hydrogen) atoms. The minimum absolute atomic E-state index is 0.144. The molecule has 3 heteroatoms. The topological polar surface area (TPSA) is 39.4 Å². The Kier molecular flexibility index (Phi) is 4.52. The molecule has 3 aromatic rings. The molecule has 0 unspecified atom stereocenters. The summed E-state index contributed by atoms with van der Waals surface area (Å²) in [7, 11) is 1.62. The fraction of sp³-hybridized carbons (Fsp3) is 0.190. The smallest absolute Gasteiger partial charge is 0.344 e. The third kappa shape index (κ3) is 3.11. The molecule has 0 aliphatic carbocycles. The summed E-state index contributed by atoms with van der Waals surface area (Å²) < 4.78 is 10.8. The Balaban J connectivity index is 2.25. The molecule has 0 amide bonds. The minimum atomic E-state index is -0.315. The number of methoxy groups -OCH3 is 1. The van der Waals surface area contributed by atoms with Gasteiger partial charge in [-0.3, -0.25) is 0 Å². The number of hydrogen-bond acceptors (Lipinski definition) is 3. The summed E-state index contributed by atoms with van der Waals surface area (Å²) in [5, 5.41) is 0. The third-order valence-corrected chi connectivity index (χ3v) is 4.00. The summed E-state index contributed by atoms with van der Waals surface area (Å²) in [6.07, 6.45) is 0. The molecule has 0 fully saturated rings. The molecule has 0 saturated carbocycles. The molecule has 0 aliphatic rings. The van der Waals surface area contributed by atoms with Crippen molar-refractivity contribution in [3.05, 3.63) is 76.8 Å². The van der Waals surface area contributed by atoms with Crippen LogP contribution in [0.3, 0.4) is 0 Å². The van der Waals surface area contributed by atoms with Gasteiger partial charge in [-0.1, -0.05) is 56.3 Å². The molecule has 0 radical (unpaired) electrons. The fourth-order valence-electron chi connectivity index (χ4n) is 2.67. The zero-order valence-corrected chi connectivity index (χ0v) is 14.1. The van der Waals surface area contributed by atoms with Gasteiger partial charge in [-0.2, -0.15) is 0 Å². The molecule has 3 nitrogen and oxygen atoms in total. The Morgan fingerprint density at radius 3 is 2.17 bits per heavy atom. The van der Waals surface area contributed by atoms with Crippen LogP contribution in [-0.4, -0.2) is 7.11 Å². The molecule has 3 rings (SSSR count). The highest BCUT2D eigenvalue weighted by Gasteiger charge is 2.16. The number of benzene rings is 2. The van der Waals surface area contributed by atoms with Gasteiger partial charge in [0.2, 0.25) is 0 Å². The maximum Gasteiger partial charge on any atom is 0.344 e. The molecule has 0 aliphatic heterocycles. The summed E-state index contributed by atoms with van der Waals surface area (Å²) in [4.78, 5) is 12.7. The van der Waals surface area contributed by atoms with Gasteiger partial charge in [-0.15, -0.1) is 0 Å². The van der Waals surface area contributed by atoms with Crippen LogP contribution in [0.5, 0.6) is 5.75 Å². The van der Waals surface area contributed by atoms with Crippen LogP contribution in [0.2, 0.25) is 0 Å². The fourth-order valence-corrected chi connectivity index (χ4v) is 2.67.